The molecule has 0 fully saturated rings. The number of benzene rings is 2. The summed E-state index contributed by atoms with van der Waals surface area (Å²) in [5.41, 5.74) is 1.87. The van der Waals surface area contributed by atoms with Crippen LogP contribution >= 0.6 is 11.6 Å². The van der Waals surface area contributed by atoms with E-state index in [2.05, 4.69) is 12.1 Å². The van der Waals surface area contributed by atoms with Crippen molar-refractivity contribution >= 4 is 34.0 Å². The van der Waals surface area contributed by atoms with Gasteiger partial charge >= 0.3 is 0 Å². The standard InChI is InChI=1S/C15H14ClNO/c16-9-1-2-10-17-13-8-4-6-11-5-3-7-12(14(11)13)15(17)18/h3-8H,1-2,9-10H2. The van der Waals surface area contributed by atoms with Crippen LogP contribution in [0.2, 0.25) is 0 Å². The van der Waals surface area contributed by atoms with Crippen LogP contribution in [0.3, 0.4) is 0 Å². The van der Waals surface area contributed by atoms with Crippen molar-refractivity contribution in [2.45, 2.75) is 12.8 Å². The van der Waals surface area contributed by atoms with Crippen molar-refractivity contribution < 1.29 is 4.79 Å². The third-order valence-electron chi connectivity index (χ3n) is 3.41. The second-order valence-corrected chi connectivity index (χ2v) is 4.91. The van der Waals surface area contributed by atoms with Gasteiger partial charge in [0.2, 0.25) is 0 Å². The maximum Gasteiger partial charge on any atom is 0.258 e. The molecule has 0 bridgehead atoms. The summed E-state index contributed by atoms with van der Waals surface area (Å²) in [5.74, 6) is 0.774. The topological polar surface area (TPSA) is 20.3 Å². The van der Waals surface area contributed by atoms with Crippen molar-refractivity contribution in [3.8, 4) is 0 Å². The molecule has 2 aromatic carbocycles. The highest BCUT2D eigenvalue weighted by Gasteiger charge is 2.28. The van der Waals surface area contributed by atoms with Crippen LogP contribution in [-0.2, 0) is 0 Å². The van der Waals surface area contributed by atoms with E-state index in [0.29, 0.717) is 5.88 Å². The molecule has 1 amide bonds. The number of halogens is 1. The largest absolute Gasteiger partial charge is 0.308 e. The Hall–Kier alpha value is -1.54. The van der Waals surface area contributed by atoms with E-state index in [1.54, 1.807) is 0 Å². The van der Waals surface area contributed by atoms with Crippen molar-refractivity contribution in [3.63, 3.8) is 0 Å². The zero-order valence-corrected chi connectivity index (χ0v) is 10.8. The van der Waals surface area contributed by atoms with Crippen LogP contribution in [0.4, 0.5) is 5.69 Å². The summed E-state index contributed by atoms with van der Waals surface area (Å²) in [6.45, 7) is 0.749. The van der Waals surface area contributed by atoms with Crippen LogP contribution in [0.1, 0.15) is 23.2 Å². The van der Waals surface area contributed by atoms with Gasteiger partial charge in [-0.2, -0.15) is 0 Å². The zero-order chi connectivity index (χ0) is 12.5. The summed E-state index contributed by atoms with van der Waals surface area (Å²) in [7, 11) is 0. The van der Waals surface area contributed by atoms with E-state index in [9.17, 15) is 4.79 Å². The highest BCUT2D eigenvalue weighted by molar-refractivity contribution is 6.25. The summed E-state index contributed by atoms with van der Waals surface area (Å²) in [4.78, 5) is 14.2. The fourth-order valence-electron chi connectivity index (χ4n) is 2.57. The molecule has 3 rings (SSSR count). The molecule has 0 atom stereocenters. The quantitative estimate of drug-likeness (QED) is 0.604. The van der Waals surface area contributed by atoms with Gasteiger partial charge in [0.1, 0.15) is 0 Å². The van der Waals surface area contributed by atoms with Crippen molar-refractivity contribution in [1.82, 2.24) is 0 Å². The fourth-order valence-corrected chi connectivity index (χ4v) is 2.75. The Bertz CT molecular complexity index is 603. The molecule has 0 saturated heterocycles. The second-order valence-electron chi connectivity index (χ2n) is 4.53. The number of carbonyl (C=O) groups excluding carboxylic acids is 1. The number of carbonyl (C=O) groups is 1. The Morgan fingerprint density at radius 3 is 2.61 bits per heavy atom. The van der Waals surface area contributed by atoms with Gasteiger partial charge in [-0.05, 0) is 30.4 Å². The predicted molar refractivity (Wildman–Crippen MR) is 75.6 cm³/mol. The van der Waals surface area contributed by atoms with Gasteiger partial charge < -0.3 is 4.90 Å². The number of rotatable bonds is 4. The van der Waals surface area contributed by atoms with Crippen LogP contribution in [0, 0.1) is 0 Å². The lowest BCUT2D eigenvalue weighted by Gasteiger charge is -2.17. The van der Waals surface area contributed by atoms with Crippen molar-refractivity contribution in [1.29, 1.82) is 0 Å². The monoisotopic (exact) mass is 259 g/mol. The predicted octanol–water partition coefficient (Wildman–Crippen LogP) is 3.82. The first-order valence-electron chi connectivity index (χ1n) is 6.22. The van der Waals surface area contributed by atoms with E-state index < -0.39 is 0 Å². The van der Waals surface area contributed by atoms with E-state index in [1.165, 1.54) is 0 Å². The zero-order valence-electron chi connectivity index (χ0n) is 10.0. The minimum absolute atomic E-state index is 0.122. The minimum atomic E-state index is 0.122. The number of alkyl halides is 1. The van der Waals surface area contributed by atoms with Crippen LogP contribution in [0.25, 0.3) is 10.8 Å². The van der Waals surface area contributed by atoms with Crippen LogP contribution < -0.4 is 4.90 Å². The number of anilines is 1. The van der Waals surface area contributed by atoms with Gasteiger partial charge in [-0.15, -0.1) is 11.6 Å². The SMILES string of the molecule is O=C1c2cccc3cccc(c23)N1CCCCCl. The molecule has 1 heterocycles. The van der Waals surface area contributed by atoms with E-state index >= 15 is 0 Å². The van der Waals surface area contributed by atoms with Gasteiger partial charge in [0.15, 0.2) is 0 Å². The summed E-state index contributed by atoms with van der Waals surface area (Å²) in [6, 6.07) is 12.0. The average Bonchev–Trinajstić information content (AvgIpc) is 2.67. The van der Waals surface area contributed by atoms with Crippen molar-refractivity contribution in [2.75, 3.05) is 17.3 Å². The third-order valence-corrected chi connectivity index (χ3v) is 3.68. The Balaban J connectivity index is 2.03. The first-order chi connectivity index (χ1) is 8.83. The molecule has 3 heteroatoms. The molecule has 0 spiro atoms. The van der Waals surface area contributed by atoms with Gasteiger partial charge in [0, 0.05) is 23.4 Å². The first kappa shape index (κ1) is 11.5. The lowest BCUT2D eigenvalue weighted by atomic mass is 10.1. The third kappa shape index (κ3) is 1.68. The summed E-state index contributed by atoms with van der Waals surface area (Å²) >= 11 is 5.69. The fraction of sp³-hybridized carbons (Fsp3) is 0.267. The molecule has 18 heavy (non-hydrogen) atoms. The van der Waals surface area contributed by atoms with Crippen LogP contribution in [-0.4, -0.2) is 18.3 Å². The van der Waals surface area contributed by atoms with E-state index in [1.807, 2.05) is 29.2 Å². The number of hydrogen-bond acceptors (Lipinski definition) is 1. The van der Waals surface area contributed by atoms with Gasteiger partial charge in [0.25, 0.3) is 5.91 Å². The molecule has 0 unspecified atom stereocenters. The van der Waals surface area contributed by atoms with Crippen LogP contribution in [0.15, 0.2) is 36.4 Å². The number of nitrogens with zero attached hydrogens (tertiary/aromatic N) is 1. The Kier molecular flexibility index (Phi) is 2.96. The Morgan fingerprint density at radius 2 is 1.83 bits per heavy atom. The summed E-state index contributed by atoms with van der Waals surface area (Å²) in [5, 5.41) is 2.23. The maximum atomic E-state index is 12.4. The molecule has 0 N–H and O–H groups in total. The summed E-state index contributed by atoms with van der Waals surface area (Å²) < 4.78 is 0. The molecule has 0 aromatic heterocycles. The number of amides is 1. The van der Waals surface area contributed by atoms with E-state index in [-0.39, 0.29) is 5.91 Å². The number of unbranched alkanes of at least 4 members (excludes halogenated alkanes) is 1. The molecule has 0 saturated carbocycles. The molecule has 1 aliphatic heterocycles. The molecule has 2 nitrogen and oxygen atoms in total. The minimum Gasteiger partial charge on any atom is -0.308 e. The highest BCUT2D eigenvalue weighted by atomic mass is 35.5. The molecule has 0 radical (unpaired) electrons. The van der Waals surface area contributed by atoms with E-state index in [4.69, 9.17) is 11.6 Å². The lowest BCUT2D eigenvalue weighted by Crippen LogP contribution is -2.27. The molecule has 1 aliphatic rings. The lowest BCUT2D eigenvalue weighted by molar-refractivity contribution is 0.0993. The van der Waals surface area contributed by atoms with Gasteiger partial charge in [-0.1, -0.05) is 24.3 Å². The molecule has 0 aliphatic carbocycles. The van der Waals surface area contributed by atoms with Gasteiger partial charge in [0.05, 0.1) is 5.69 Å². The van der Waals surface area contributed by atoms with Crippen LogP contribution in [0.5, 0.6) is 0 Å². The first-order valence-corrected chi connectivity index (χ1v) is 6.76. The smallest absolute Gasteiger partial charge is 0.258 e. The van der Waals surface area contributed by atoms with Gasteiger partial charge in [-0.3, -0.25) is 4.79 Å². The molecular weight excluding hydrogens is 246 g/mol. The average molecular weight is 260 g/mol. The Morgan fingerprint density at radius 1 is 1.06 bits per heavy atom. The number of hydrogen-bond donors (Lipinski definition) is 0. The van der Waals surface area contributed by atoms with Crippen molar-refractivity contribution in [2.24, 2.45) is 0 Å². The normalized spacial score (nSPS) is 13.6. The van der Waals surface area contributed by atoms with Gasteiger partial charge in [-0.25, -0.2) is 0 Å². The molecule has 2 aromatic rings. The highest BCUT2D eigenvalue weighted by Crippen LogP contribution is 2.37. The Labute approximate surface area is 111 Å². The second kappa shape index (κ2) is 4.62. The van der Waals surface area contributed by atoms with Crippen molar-refractivity contribution in [3.05, 3.63) is 42.0 Å². The molecular formula is C15H14ClNO. The maximum absolute atomic E-state index is 12.4. The molecule has 92 valence electrons. The summed E-state index contributed by atoms with van der Waals surface area (Å²) in [6.07, 6.45) is 1.89. The van der Waals surface area contributed by atoms with E-state index in [0.717, 1.165) is 41.4 Å².